The van der Waals surface area contributed by atoms with Gasteiger partial charge in [-0.3, -0.25) is 0 Å². The first-order valence-electron chi connectivity index (χ1n) is 18.8. The van der Waals surface area contributed by atoms with Crippen LogP contribution in [0.3, 0.4) is 0 Å². The van der Waals surface area contributed by atoms with Gasteiger partial charge in [-0.25, -0.2) is 0 Å². The predicted molar refractivity (Wildman–Crippen MR) is 191 cm³/mol. The first kappa shape index (κ1) is 43.8. The number of allylic oxidation sites excluding steroid dienone is 1. The molecular weight excluding hydrogens is 512 g/mol. The minimum absolute atomic E-state index is 0.191. The Morgan fingerprint density at radius 1 is 0.429 bits per heavy atom. The van der Waals surface area contributed by atoms with Gasteiger partial charge in [0.05, 0.1) is 6.61 Å². The fourth-order valence-corrected chi connectivity index (χ4v) is 6.12. The van der Waals surface area contributed by atoms with Gasteiger partial charge >= 0.3 is 0 Å². The summed E-state index contributed by atoms with van der Waals surface area (Å²) in [6, 6.07) is 0. The second kappa shape index (κ2) is 30.7. The van der Waals surface area contributed by atoms with E-state index in [4.69, 9.17) is 10.2 Å². The summed E-state index contributed by atoms with van der Waals surface area (Å²) < 4.78 is 0. The number of aliphatic hydroxyl groups excluding tert-OH is 2. The largest absolute Gasteiger partial charge is 0.396 e. The SMILES string of the molecule is C/C(=C\CO)CCCC(C)CCCC(C)CCCC(C)C.CC(C)CCCC(C)CCCC(C)CCCC(C)CCO. The number of aliphatic hydroxyl groups is 2. The van der Waals surface area contributed by atoms with Crippen molar-refractivity contribution >= 4 is 0 Å². The van der Waals surface area contributed by atoms with Crippen LogP contribution in [0.15, 0.2) is 11.6 Å². The van der Waals surface area contributed by atoms with E-state index in [9.17, 15) is 0 Å². The van der Waals surface area contributed by atoms with Crippen molar-refractivity contribution in [3.05, 3.63) is 11.6 Å². The van der Waals surface area contributed by atoms with Crippen LogP contribution < -0.4 is 0 Å². The molecule has 5 atom stereocenters. The molecule has 0 saturated heterocycles. The Hall–Kier alpha value is -0.340. The summed E-state index contributed by atoms with van der Waals surface area (Å²) in [4.78, 5) is 0. The van der Waals surface area contributed by atoms with Crippen LogP contribution in [-0.2, 0) is 0 Å². The van der Waals surface area contributed by atoms with Crippen molar-refractivity contribution in [3.63, 3.8) is 0 Å². The highest BCUT2D eigenvalue weighted by molar-refractivity contribution is 4.97. The summed E-state index contributed by atoms with van der Waals surface area (Å²) >= 11 is 0. The fraction of sp³-hybridized carbons (Fsp3) is 0.950. The van der Waals surface area contributed by atoms with Gasteiger partial charge in [-0.2, -0.15) is 0 Å². The van der Waals surface area contributed by atoms with E-state index in [0.29, 0.717) is 12.5 Å². The minimum Gasteiger partial charge on any atom is -0.396 e. The monoisotopic (exact) mass is 595 g/mol. The van der Waals surface area contributed by atoms with Crippen LogP contribution in [0.5, 0.6) is 0 Å². The molecule has 0 saturated carbocycles. The number of hydrogen-bond acceptors (Lipinski definition) is 2. The van der Waals surface area contributed by atoms with E-state index < -0.39 is 0 Å². The Balaban J connectivity index is 0. The van der Waals surface area contributed by atoms with E-state index in [-0.39, 0.29) is 6.61 Å². The zero-order valence-corrected chi connectivity index (χ0v) is 30.9. The van der Waals surface area contributed by atoms with Gasteiger partial charge in [-0.05, 0) is 67.6 Å². The lowest BCUT2D eigenvalue weighted by Gasteiger charge is -2.16. The van der Waals surface area contributed by atoms with Crippen LogP contribution >= 0.6 is 0 Å². The standard InChI is InChI=1S/C20H42O.C20H40O/c2*1-17(2)9-6-10-18(3)11-7-12-19(4)13-8-14-20(5)15-16-21/h17-21H,6-16H2,1-5H3;15,17-19,21H,6-14,16H2,1-5H3/b;20-15+. The van der Waals surface area contributed by atoms with Gasteiger partial charge in [-0.1, -0.05) is 177 Å². The summed E-state index contributed by atoms with van der Waals surface area (Å²) in [6.45, 7) is 23.9. The minimum atomic E-state index is 0.191. The molecule has 0 radical (unpaired) electrons. The Morgan fingerprint density at radius 2 is 0.714 bits per heavy atom. The molecule has 0 aromatic rings. The molecule has 0 bridgehead atoms. The molecule has 0 aliphatic rings. The van der Waals surface area contributed by atoms with Gasteiger partial charge < -0.3 is 10.2 Å². The molecule has 0 spiro atoms. The van der Waals surface area contributed by atoms with Crippen LogP contribution in [0.2, 0.25) is 0 Å². The fourth-order valence-electron chi connectivity index (χ4n) is 6.12. The van der Waals surface area contributed by atoms with Crippen molar-refractivity contribution in [3.8, 4) is 0 Å². The second-order valence-electron chi connectivity index (χ2n) is 15.6. The molecule has 0 aliphatic heterocycles. The molecule has 42 heavy (non-hydrogen) atoms. The topological polar surface area (TPSA) is 40.5 Å². The lowest BCUT2D eigenvalue weighted by molar-refractivity contribution is 0.255. The molecule has 5 unspecified atom stereocenters. The highest BCUT2D eigenvalue weighted by Crippen LogP contribution is 2.23. The molecule has 0 aliphatic carbocycles. The number of rotatable bonds is 27. The van der Waals surface area contributed by atoms with E-state index in [1.165, 1.54) is 115 Å². The van der Waals surface area contributed by atoms with E-state index in [1.807, 2.05) is 6.08 Å². The molecule has 2 heteroatoms. The molecular formula is C40H82O2. The van der Waals surface area contributed by atoms with Crippen molar-refractivity contribution < 1.29 is 10.2 Å². The van der Waals surface area contributed by atoms with E-state index in [0.717, 1.165) is 48.3 Å². The first-order chi connectivity index (χ1) is 19.9. The van der Waals surface area contributed by atoms with Crippen molar-refractivity contribution in [1.82, 2.24) is 0 Å². The zero-order valence-electron chi connectivity index (χ0n) is 30.9. The van der Waals surface area contributed by atoms with E-state index in [1.54, 1.807) is 0 Å². The van der Waals surface area contributed by atoms with Gasteiger partial charge in [0.2, 0.25) is 0 Å². The molecule has 0 heterocycles. The van der Waals surface area contributed by atoms with E-state index in [2.05, 4.69) is 69.2 Å². The Labute approximate surface area is 267 Å². The van der Waals surface area contributed by atoms with Crippen molar-refractivity contribution in [2.45, 2.75) is 191 Å². The van der Waals surface area contributed by atoms with Gasteiger partial charge in [0.25, 0.3) is 0 Å². The van der Waals surface area contributed by atoms with Crippen LogP contribution in [-0.4, -0.2) is 23.4 Å². The van der Waals surface area contributed by atoms with Crippen molar-refractivity contribution in [1.29, 1.82) is 0 Å². The highest BCUT2D eigenvalue weighted by atomic mass is 16.3. The maximum Gasteiger partial charge on any atom is 0.0614 e. The third kappa shape index (κ3) is 34.2. The summed E-state index contributed by atoms with van der Waals surface area (Å²) in [7, 11) is 0. The Bertz CT molecular complexity index is 566. The lowest BCUT2D eigenvalue weighted by atomic mass is 9.91. The average molecular weight is 595 g/mol. The summed E-state index contributed by atoms with van der Waals surface area (Å²) in [5.41, 5.74) is 1.34. The zero-order chi connectivity index (χ0) is 32.2. The van der Waals surface area contributed by atoms with Gasteiger partial charge in [0, 0.05) is 6.61 Å². The first-order valence-corrected chi connectivity index (χ1v) is 18.8. The van der Waals surface area contributed by atoms with Crippen LogP contribution in [0.25, 0.3) is 0 Å². The van der Waals surface area contributed by atoms with Crippen molar-refractivity contribution in [2.75, 3.05) is 13.2 Å². The summed E-state index contributed by atoms with van der Waals surface area (Å²) in [5, 5.41) is 17.7. The van der Waals surface area contributed by atoms with Gasteiger partial charge in [-0.15, -0.1) is 0 Å². The maximum atomic E-state index is 8.91. The summed E-state index contributed by atoms with van der Waals surface area (Å²) in [5.74, 6) is 5.99. The third-order valence-electron chi connectivity index (χ3n) is 9.47. The second-order valence-corrected chi connectivity index (χ2v) is 15.6. The normalized spacial score (nSPS) is 15.8. The molecule has 2 N–H and O–H groups in total. The third-order valence-corrected chi connectivity index (χ3v) is 9.47. The number of hydrogen-bond donors (Lipinski definition) is 2. The highest BCUT2D eigenvalue weighted by Gasteiger charge is 2.09. The van der Waals surface area contributed by atoms with Gasteiger partial charge in [0.15, 0.2) is 0 Å². The quantitative estimate of drug-likeness (QED) is 0.0928. The average Bonchev–Trinajstić information content (AvgIpc) is 2.89. The smallest absolute Gasteiger partial charge is 0.0614 e. The Morgan fingerprint density at radius 3 is 1.00 bits per heavy atom. The molecule has 0 fully saturated rings. The molecule has 2 nitrogen and oxygen atoms in total. The van der Waals surface area contributed by atoms with Gasteiger partial charge in [0.1, 0.15) is 0 Å². The predicted octanol–water partition coefficient (Wildman–Crippen LogP) is 12.8. The molecule has 0 aromatic heterocycles. The lowest BCUT2D eigenvalue weighted by Crippen LogP contribution is -2.02. The molecule has 0 amide bonds. The molecule has 0 rings (SSSR count). The van der Waals surface area contributed by atoms with Crippen LogP contribution in [0.1, 0.15) is 191 Å². The Kier molecular flexibility index (Phi) is 32.0. The summed E-state index contributed by atoms with van der Waals surface area (Å²) in [6.07, 6.45) is 27.5. The van der Waals surface area contributed by atoms with E-state index >= 15 is 0 Å². The molecule has 0 aromatic carbocycles. The molecule has 254 valence electrons. The maximum absolute atomic E-state index is 8.91. The van der Waals surface area contributed by atoms with Crippen LogP contribution in [0.4, 0.5) is 0 Å². The van der Waals surface area contributed by atoms with Crippen molar-refractivity contribution in [2.24, 2.45) is 41.4 Å². The van der Waals surface area contributed by atoms with Crippen LogP contribution in [0, 0.1) is 41.4 Å².